The number of carbonyl (C=O) groups excluding carboxylic acids is 1. The molecule has 0 spiro atoms. The highest BCUT2D eigenvalue weighted by atomic mass is 79.9. The zero-order valence-electron chi connectivity index (χ0n) is 18.1. The lowest BCUT2D eigenvalue weighted by Crippen LogP contribution is -2.20. The summed E-state index contributed by atoms with van der Waals surface area (Å²) in [5.74, 6) is 0.770. The fourth-order valence-corrected chi connectivity index (χ4v) is 4.23. The second kappa shape index (κ2) is 9.33. The lowest BCUT2D eigenvalue weighted by Gasteiger charge is -2.20. The van der Waals surface area contributed by atoms with Crippen LogP contribution >= 0.6 is 15.9 Å². The van der Waals surface area contributed by atoms with Gasteiger partial charge in [0.15, 0.2) is 12.4 Å². The molecule has 2 aromatic carbocycles. The molecular formula is C22H24BrN3O5S. The largest absolute Gasteiger partial charge is 0.483 e. The Morgan fingerprint density at radius 3 is 2.38 bits per heavy atom. The molecule has 3 rings (SSSR count). The summed E-state index contributed by atoms with van der Waals surface area (Å²) < 4.78 is 38.4. The van der Waals surface area contributed by atoms with Crippen molar-refractivity contribution in [3.05, 3.63) is 64.3 Å². The van der Waals surface area contributed by atoms with Gasteiger partial charge in [-0.05, 0) is 70.2 Å². The van der Waals surface area contributed by atoms with E-state index < -0.39 is 10.0 Å². The number of ether oxygens (including phenoxy) is 1. The number of benzene rings is 2. The first-order valence-electron chi connectivity index (χ1n) is 9.73. The molecule has 0 atom stereocenters. The molecule has 32 heavy (non-hydrogen) atoms. The van der Waals surface area contributed by atoms with E-state index in [0.717, 1.165) is 10.0 Å². The Bertz CT molecular complexity index is 1220. The summed E-state index contributed by atoms with van der Waals surface area (Å²) in [7, 11) is -3.83. The molecule has 3 aromatic rings. The number of hydrogen-bond acceptors (Lipinski definition) is 6. The van der Waals surface area contributed by atoms with Gasteiger partial charge in [-0.3, -0.25) is 9.52 Å². The van der Waals surface area contributed by atoms with Crippen LogP contribution in [0, 0.1) is 6.92 Å². The number of halogens is 1. The molecule has 0 saturated heterocycles. The van der Waals surface area contributed by atoms with E-state index in [9.17, 15) is 13.2 Å². The van der Waals surface area contributed by atoms with Gasteiger partial charge < -0.3 is 14.6 Å². The third-order valence-corrected chi connectivity index (χ3v) is 6.46. The Balaban J connectivity index is 1.58. The van der Waals surface area contributed by atoms with E-state index in [1.807, 2.05) is 18.2 Å². The topological polar surface area (TPSA) is 111 Å². The van der Waals surface area contributed by atoms with E-state index in [-0.39, 0.29) is 28.6 Å². The van der Waals surface area contributed by atoms with Crippen LogP contribution in [0.25, 0.3) is 0 Å². The Morgan fingerprint density at radius 2 is 1.81 bits per heavy atom. The molecule has 8 nitrogen and oxygen atoms in total. The minimum Gasteiger partial charge on any atom is -0.483 e. The van der Waals surface area contributed by atoms with Gasteiger partial charge >= 0.3 is 0 Å². The van der Waals surface area contributed by atoms with Gasteiger partial charge in [-0.15, -0.1) is 0 Å². The maximum absolute atomic E-state index is 12.4. The minimum atomic E-state index is -3.83. The van der Waals surface area contributed by atoms with E-state index in [1.165, 1.54) is 30.3 Å². The van der Waals surface area contributed by atoms with E-state index in [2.05, 4.69) is 51.9 Å². The van der Waals surface area contributed by atoms with Crippen molar-refractivity contribution in [2.45, 2.75) is 38.0 Å². The van der Waals surface area contributed by atoms with Crippen molar-refractivity contribution in [3.8, 4) is 5.75 Å². The molecule has 2 N–H and O–H groups in total. The Morgan fingerprint density at radius 1 is 1.12 bits per heavy atom. The number of aromatic nitrogens is 1. The molecule has 0 aliphatic rings. The van der Waals surface area contributed by atoms with Gasteiger partial charge in [-0.2, -0.15) is 0 Å². The van der Waals surface area contributed by atoms with Crippen LogP contribution in [0.1, 0.15) is 32.1 Å². The van der Waals surface area contributed by atoms with Gasteiger partial charge in [-0.25, -0.2) is 8.42 Å². The van der Waals surface area contributed by atoms with E-state index in [0.29, 0.717) is 17.2 Å². The molecule has 170 valence electrons. The number of hydrogen-bond donors (Lipinski definition) is 2. The highest BCUT2D eigenvalue weighted by Crippen LogP contribution is 2.31. The number of anilines is 2. The third kappa shape index (κ3) is 6.10. The van der Waals surface area contributed by atoms with Crippen molar-refractivity contribution in [2.75, 3.05) is 16.6 Å². The lowest BCUT2D eigenvalue weighted by molar-refractivity contribution is -0.118. The summed E-state index contributed by atoms with van der Waals surface area (Å²) in [5, 5.41) is 6.29. The van der Waals surface area contributed by atoms with E-state index in [1.54, 1.807) is 6.92 Å². The van der Waals surface area contributed by atoms with Gasteiger partial charge in [0, 0.05) is 11.8 Å². The van der Waals surface area contributed by atoms with Gasteiger partial charge in [0.1, 0.15) is 11.5 Å². The van der Waals surface area contributed by atoms with Crippen molar-refractivity contribution < 1.29 is 22.5 Å². The Labute approximate surface area is 195 Å². The van der Waals surface area contributed by atoms with Crippen LogP contribution in [0.5, 0.6) is 5.75 Å². The number of rotatable bonds is 7. The molecule has 0 unspecified atom stereocenters. The highest BCUT2D eigenvalue weighted by molar-refractivity contribution is 9.10. The third-order valence-electron chi connectivity index (χ3n) is 4.47. The molecule has 0 fully saturated rings. The zero-order valence-corrected chi connectivity index (χ0v) is 20.5. The first kappa shape index (κ1) is 23.8. The van der Waals surface area contributed by atoms with Crippen LogP contribution in [0.2, 0.25) is 0 Å². The van der Waals surface area contributed by atoms with Crippen LogP contribution < -0.4 is 14.8 Å². The summed E-state index contributed by atoms with van der Waals surface area (Å²) in [5.41, 5.74) is 1.59. The molecule has 1 heterocycles. The van der Waals surface area contributed by atoms with Crippen molar-refractivity contribution in [1.82, 2.24) is 5.16 Å². The second-order valence-corrected chi connectivity index (χ2v) is 10.7. The fraction of sp³-hybridized carbons (Fsp3) is 0.273. The maximum Gasteiger partial charge on any atom is 0.263 e. The van der Waals surface area contributed by atoms with Gasteiger partial charge in [-0.1, -0.05) is 32.0 Å². The Hall–Kier alpha value is -2.85. The molecule has 1 aromatic heterocycles. The first-order valence-corrected chi connectivity index (χ1v) is 12.0. The minimum absolute atomic E-state index is 0.00155. The smallest absolute Gasteiger partial charge is 0.263 e. The average Bonchev–Trinajstić information content (AvgIpc) is 3.10. The van der Waals surface area contributed by atoms with E-state index >= 15 is 0 Å². The SMILES string of the molecule is Cc1cc(NS(=O)(=O)c2ccc(NC(=O)COc3ccc(C(C)(C)C)cc3Br)cc2)no1. The fourth-order valence-electron chi connectivity index (χ4n) is 2.75. The highest BCUT2D eigenvalue weighted by Gasteiger charge is 2.17. The summed E-state index contributed by atoms with van der Waals surface area (Å²) >= 11 is 3.48. The van der Waals surface area contributed by atoms with E-state index in [4.69, 9.17) is 9.26 Å². The zero-order chi connectivity index (χ0) is 23.5. The molecule has 0 radical (unpaired) electrons. The normalized spacial score (nSPS) is 11.8. The molecule has 0 saturated carbocycles. The number of nitrogens with one attached hydrogen (secondary N) is 2. The Kier molecular flexibility index (Phi) is 6.94. The molecule has 0 aliphatic carbocycles. The molecule has 0 bridgehead atoms. The summed E-state index contributed by atoms with van der Waals surface area (Å²) in [6.45, 7) is 7.81. The predicted molar refractivity (Wildman–Crippen MR) is 125 cm³/mol. The first-order chi connectivity index (χ1) is 14.9. The standard InChI is InChI=1S/C22H24BrN3O5S/c1-14-11-20(25-31-14)26-32(28,29)17-8-6-16(7-9-17)24-21(27)13-30-19-10-5-15(12-18(19)23)22(2,3)4/h5-12H,13H2,1-4H3,(H,24,27)(H,25,26). The number of carbonyl (C=O) groups is 1. The number of nitrogens with zero attached hydrogens (tertiary/aromatic N) is 1. The molecular weight excluding hydrogens is 498 g/mol. The monoisotopic (exact) mass is 521 g/mol. The van der Waals surface area contributed by atoms with Crippen LogP contribution in [0.15, 0.2) is 62.4 Å². The lowest BCUT2D eigenvalue weighted by atomic mass is 9.87. The average molecular weight is 522 g/mol. The van der Waals surface area contributed by atoms with Crippen molar-refractivity contribution in [2.24, 2.45) is 0 Å². The summed E-state index contributed by atoms with van der Waals surface area (Å²) in [6.07, 6.45) is 0. The van der Waals surface area contributed by atoms with Gasteiger partial charge in [0.25, 0.3) is 15.9 Å². The van der Waals surface area contributed by atoms with Crippen LogP contribution in [-0.4, -0.2) is 26.1 Å². The number of sulfonamides is 1. The number of amides is 1. The van der Waals surface area contributed by atoms with Crippen molar-refractivity contribution in [3.63, 3.8) is 0 Å². The molecule has 10 heteroatoms. The molecule has 0 aliphatic heterocycles. The molecule has 1 amide bonds. The van der Waals surface area contributed by atoms with Crippen LogP contribution in [-0.2, 0) is 20.2 Å². The quantitative estimate of drug-likeness (QED) is 0.459. The summed E-state index contributed by atoms with van der Waals surface area (Å²) in [4.78, 5) is 12.3. The van der Waals surface area contributed by atoms with Crippen molar-refractivity contribution in [1.29, 1.82) is 0 Å². The second-order valence-electron chi connectivity index (χ2n) is 8.18. The summed E-state index contributed by atoms with van der Waals surface area (Å²) in [6, 6.07) is 13.0. The van der Waals surface area contributed by atoms with Crippen LogP contribution in [0.3, 0.4) is 0 Å². The van der Waals surface area contributed by atoms with Gasteiger partial charge in [0.05, 0.1) is 9.37 Å². The number of aryl methyl sites for hydroxylation is 1. The van der Waals surface area contributed by atoms with Crippen molar-refractivity contribution >= 4 is 43.4 Å². The van der Waals surface area contributed by atoms with Gasteiger partial charge in [0.2, 0.25) is 0 Å². The van der Waals surface area contributed by atoms with Crippen LogP contribution in [0.4, 0.5) is 11.5 Å². The predicted octanol–water partition coefficient (Wildman–Crippen LogP) is 4.86. The maximum atomic E-state index is 12.4.